The van der Waals surface area contributed by atoms with E-state index >= 15 is 0 Å². The van der Waals surface area contributed by atoms with E-state index < -0.39 is 0 Å². The number of urea groups is 1. The minimum absolute atomic E-state index is 0.00135. The van der Waals surface area contributed by atoms with Crippen LogP contribution < -0.4 is 5.32 Å². The van der Waals surface area contributed by atoms with Crippen molar-refractivity contribution in [3.05, 3.63) is 24.2 Å². The van der Waals surface area contributed by atoms with Gasteiger partial charge < -0.3 is 19.7 Å². The Hall–Kier alpha value is -1.49. The summed E-state index contributed by atoms with van der Waals surface area (Å²) in [7, 11) is 0. The van der Waals surface area contributed by atoms with E-state index in [4.69, 9.17) is 9.52 Å². The summed E-state index contributed by atoms with van der Waals surface area (Å²) in [4.78, 5) is 14.6. The Morgan fingerprint density at radius 1 is 1.45 bits per heavy atom. The predicted molar refractivity (Wildman–Crippen MR) is 85.4 cm³/mol. The van der Waals surface area contributed by atoms with Crippen LogP contribution in [0.2, 0.25) is 0 Å². The number of aliphatic hydroxyl groups is 1. The number of carbonyl (C=O) groups excluding carboxylic acids is 1. The maximum atomic E-state index is 12.7. The van der Waals surface area contributed by atoms with E-state index in [-0.39, 0.29) is 18.7 Å². The molecule has 124 valence electrons. The van der Waals surface area contributed by atoms with Crippen molar-refractivity contribution < 1.29 is 14.3 Å². The second-order valence-electron chi connectivity index (χ2n) is 6.27. The van der Waals surface area contributed by atoms with Gasteiger partial charge in [0.05, 0.1) is 19.1 Å². The van der Waals surface area contributed by atoms with Gasteiger partial charge in [0, 0.05) is 24.3 Å². The highest BCUT2D eigenvalue weighted by molar-refractivity contribution is 5.74. The van der Waals surface area contributed by atoms with Crippen LogP contribution in [-0.4, -0.2) is 34.7 Å². The average molecular weight is 308 g/mol. The molecule has 1 fully saturated rings. The number of rotatable bonds is 7. The number of nitrogens with one attached hydrogen (secondary N) is 1. The van der Waals surface area contributed by atoms with E-state index in [1.54, 1.807) is 12.5 Å². The highest BCUT2D eigenvalue weighted by atomic mass is 16.3. The number of carbonyl (C=O) groups is 1. The Kier molecular flexibility index (Phi) is 6.77. The molecule has 0 radical (unpaired) electrons. The minimum Gasteiger partial charge on any atom is -0.472 e. The lowest BCUT2D eigenvalue weighted by molar-refractivity contribution is 0.147. The normalized spacial score (nSPS) is 17.2. The third-order valence-electron chi connectivity index (χ3n) is 4.37. The summed E-state index contributed by atoms with van der Waals surface area (Å²) in [6.45, 7) is 2.76. The van der Waals surface area contributed by atoms with E-state index in [0.29, 0.717) is 19.0 Å². The molecule has 1 atom stereocenters. The van der Waals surface area contributed by atoms with Gasteiger partial charge in [0.1, 0.15) is 0 Å². The van der Waals surface area contributed by atoms with Crippen LogP contribution in [0.25, 0.3) is 0 Å². The Balaban J connectivity index is 1.97. The standard InChI is InChI=1S/C17H28N2O3/c1-14(6-5-10-20)18-17(21)19(12-15-9-11-22-13-15)16-7-3-2-4-8-16/h9,11,13-14,16,20H,2-8,10,12H2,1H3,(H,18,21). The molecule has 0 saturated heterocycles. The summed E-state index contributed by atoms with van der Waals surface area (Å²) in [5, 5.41) is 12.0. The first-order valence-corrected chi connectivity index (χ1v) is 8.39. The molecule has 1 unspecified atom stereocenters. The van der Waals surface area contributed by atoms with Crippen molar-refractivity contribution in [2.75, 3.05) is 6.61 Å². The molecule has 1 aliphatic rings. The van der Waals surface area contributed by atoms with Crippen molar-refractivity contribution in [1.82, 2.24) is 10.2 Å². The molecular formula is C17H28N2O3. The minimum atomic E-state index is -0.00135. The van der Waals surface area contributed by atoms with Crippen LogP contribution in [0.3, 0.4) is 0 Å². The molecule has 5 nitrogen and oxygen atoms in total. The summed E-state index contributed by atoms with van der Waals surface area (Å²) < 4.78 is 5.13. The zero-order valence-corrected chi connectivity index (χ0v) is 13.5. The fourth-order valence-electron chi connectivity index (χ4n) is 3.10. The summed E-state index contributed by atoms with van der Waals surface area (Å²) in [6.07, 6.45) is 10.7. The van der Waals surface area contributed by atoms with Gasteiger partial charge >= 0.3 is 6.03 Å². The zero-order valence-electron chi connectivity index (χ0n) is 13.5. The molecule has 22 heavy (non-hydrogen) atoms. The number of hydrogen-bond acceptors (Lipinski definition) is 3. The molecule has 1 aliphatic carbocycles. The van der Waals surface area contributed by atoms with Gasteiger partial charge in [0.15, 0.2) is 0 Å². The van der Waals surface area contributed by atoms with Crippen molar-refractivity contribution >= 4 is 6.03 Å². The number of amides is 2. The Morgan fingerprint density at radius 3 is 2.86 bits per heavy atom. The Labute approximate surface area is 132 Å². The van der Waals surface area contributed by atoms with Crippen LogP contribution >= 0.6 is 0 Å². The van der Waals surface area contributed by atoms with Crippen molar-refractivity contribution in [1.29, 1.82) is 0 Å². The number of hydrogen-bond donors (Lipinski definition) is 2. The fourth-order valence-corrected chi connectivity index (χ4v) is 3.10. The smallest absolute Gasteiger partial charge is 0.318 e. The molecule has 0 aliphatic heterocycles. The third kappa shape index (κ3) is 5.05. The van der Waals surface area contributed by atoms with Gasteiger partial charge in [0.25, 0.3) is 0 Å². The topological polar surface area (TPSA) is 65.7 Å². The average Bonchev–Trinajstić information content (AvgIpc) is 3.04. The molecule has 0 bridgehead atoms. The summed E-state index contributed by atoms with van der Waals surface area (Å²) >= 11 is 0. The SMILES string of the molecule is CC(CCCO)NC(=O)N(Cc1ccoc1)C1CCCCC1. The number of aliphatic hydroxyl groups excluding tert-OH is 1. The largest absolute Gasteiger partial charge is 0.472 e. The van der Waals surface area contributed by atoms with Crippen LogP contribution in [0.15, 0.2) is 23.0 Å². The van der Waals surface area contributed by atoms with Gasteiger partial charge in [-0.25, -0.2) is 4.79 Å². The number of furan rings is 1. The van der Waals surface area contributed by atoms with Crippen molar-refractivity contribution in [3.8, 4) is 0 Å². The van der Waals surface area contributed by atoms with Crippen molar-refractivity contribution in [2.45, 2.75) is 70.5 Å². The van der Waals surface area contributed by atoms with Crippen LogP contribution in [0.1, 0.15) is 57.4 Å². The Morgan fingerprint density at radius 2 is 2.23 bits per heavy atom. The van der Waals surface area contributed by atoms with Gasteiger partial charge in [-0.05, 0) is 38.7 Å². The van der Waals surface area contributed by atoms with E-state index in [2.05, 4.69) is 5.32 Å². The lowest BCUT2D eigenvalue weighted by atomic mass is 9.94. The first-order valence-electron chi connectivity index (χ1n) is 8.39. The monoisotopic (exact) mass is 308 g/mol. The summed E-state index contributed by atoms with van der Waals surface area (Å²) in [5.74, 6) is 0. The highest BCUT2D eigenvalue weighted by Crippen LogP contribution is 2.24. The Bertz CT molecular complexity index is 427. The molecule has 1 aromatic heterocycles. The van der Waals surface area contributed by atoms with Gasteiger partial charge in [-0.2, -0.15) is 0 Å². The highest BCUT2D eigenvalue weighted by Gasteiger charge is 2.26. The quantitative estimate of drug-likeness (QED) is 0.812. The second kappa shape index (κ2) is 8.83. The fraction of sp³-hybridized carbons (Fsp3) is 0.706. The maximum Gasteiger partial charge on any atom is 0.318 e. The lowest BCUT2D eigenvalue weighted by Gasteiger charge is -2.35. The molecule has 2 amide bonds. The molecule has 2 N–H and O–H groups in total. The molecule has 0 spiro atoms. The lowest BCUT2D eigenvalue weighted by Crippen LogP contribution is -2.48. The van der Waals surface area contributed by atoms with E-state index in [1.165, 1.54) is 19.3 Å². The summed E-state index contributed by atoms with van der Waals surface area (Å²) in [6, 6.07) is 2.31. The molecule has 0 aromatic carbocycles. The molecule has 5 heteroatoms. The predicted octanol–water partition coefficient (Wildman–Crippen LogP) is 3.28. The van der Waals surface area contributed by atoms with E-state index in [0.717, 1.165) is 24.8 Å². The van der Waals surface area contributed by atoms with Crippen LogP contribution in [0.5, 0.6) is 0 Å². The van der Waals surface area contributed by atoms with E-state index in [9.17, 15) is 4.79 Å². The summed E-state index contributed by atoms with van der Waals surface area (Å²) in [5.41, 5.74) is 1.03. The first-order chi connectivity index (χ1) is 10.7. The van der Waals surface area contributed by atoms with Gasteiger partial charge in [-0.3, -0.25) is 0 Å². The van der Waals surface area contributed by atoms with Crippen LogP contribution in [-0.2, 0) is 6.54 Å². The van der Waals surface area contributed by atoms with Gasteiger partial charge in [-0.15, -0.1) is 0 Å². The maximum absolute atomic E-state index is 12.7. The molecule has 1 saturated carbocycles. The van der Waals surface area contributed by atoms with Crippen LogP contribution in [0.4, 0.5) is 4.79 Å². The molecule has 1 heterocycles. The third-order valence-corrected chi connectivity index (χ3v) is 4.37. The molecule has 1 aromatic rings. The zero-order chi connectivity index (χ0) is 15.8. The number of nitrogens with zero attached hydrogens (tertiary/aromatic N) is 1. The van der Waals surface area contributed by atoms with Gasteiger partial charge in [0.2, 0.25) is 0 Å². The molecule has 2 rings (SSSR count). The van der Waals surface area contributed by atoms with Gasteiger partial charge in [-0.1, -0.05) is 19.3 Å². The van der Waals surface area contributed by atoms with Crippen molar-refractivity contribution in [2.24, 2.45) is 0 Å². The van der Waals surface area contributed by atoms with Crippen LogP contribution in [0, 0.1) is 0 Å². The molecular weight excluding hydrogens is 280 g/mol. The second-order valence-corrected chi connectivity index (χ2v) is 6.27. The van der Waals surface area contributed by atoms with Crippen molar-refractivity contribution in [3.63, 3.8) is 0 Å². The van der Waals surface area contributed by atoms with E-state index in [1.807, 2.05) is 17.9 Å². The first kappa shape index (κ1) is 16.9.